The van der Waals surface area contributed by atoms with Crippen LogP contribution in [-0.4, -0.2) is 19.3 Å². The third-order valence-corrected chi connectivity index (χ3v) is 3.03. The van der Waals surface area contributed by atoms with E-state index < -0.39 is 0 Å². The quantitative estimate of drug-likeness (QED) is 0.743. The maximum absolute atomic E-state index is 5.98. The molecule has 0 radical (unpaired) electrons. The second-order valence-electron chi connectivity index (χ2n) is 4.57. The molecule has 0 spiro atoms. The fourth-order valence-electron chi connectivity index (χ4n) is 2.16. The van der Waals surface area contributed by atoms with Gasteiger partial charge >= 0.3 is 0 Å². The molecular formula is C13H15N5. The van der Waals surface area contributed by atoms with Crippen LogP contribution in [-0.2, 0) is 13.6 Å². The molecule has 0 fully saturated rings. The van der Waals surface area contributed by atoms with Crippen LogP contribution in [0, 0.1) is 6.92 Å². The molecule has 92 valence electrons. The smallest absolute Gasteiger partial charge is 0.201 e. The average molecular weight is 241 g/mol. The van der Waals surface area contributed by atoms with Crippen LogP contribution in [0.15, 0.2) is 30.6 Å². The van der Waals surface area contributed by atoms with Crippen LogP contribution in [0.25, 0.3) is 11.0 Å². The van der Waals surface area contributed by atoms with Crippen molar-refractivity contribution in [3.8, 4) is 0 Å². The molecule has 1 aromatic carbocycles. The molecule has 2 N–H and O–H groups in total. The lowest BCUT2D eigenvalue weighted by Crippen LogP contribution is -2.03. The molecule has 0 atom stereocenters. The van der Waals surface area contributed by atoms with Gasteiger partial charge in [-0.05, 0) is 24.6 Å². The molecule has 0 unspecified atom stereocenters. The Hall–Kier alpha value is -2.30. The molecule has 0 amide bonds. The lowest BCUT2D eigenvalue weighted by Gasteiger charge is -2.04. The average Bonchev–Trinajstić information content (AvgIpc) is 2.84. The summed E-state index contributed by atoms with van der Waals surface area (Å²) in [5.41, 5.74) is 10.3. The monoisotopic (exact) mass is 241 g/mol. The van der Waals surface area contributed by atoms with Gasteiger partial charge in [-0.3, -0.25) is 4.68 Å². The van der Waals surface area contributed by atoms with Crippen LogP contribution in [0.3, 0.4) is 0 Å². The molecule has 0 saturated heterocycles. The molecular weight excluding hydrogens is 226 g/mol. The SMILES string of the molecule is Cc1ccc2c(c1)nc(N)n2Cc1cnn(C)c1. The van der Waals surface area contributed by atoms with E-state index in [1.54, 1.807) is 4.68 Å². The van der Waals surface area contributed by atoms with Crippen LogP contribution < -0.4 is 5.73 Å². The van der Waals surface area contributed by atoms with E-state index in [2.05, 4.69) is 29.1 Å². The topological polar surface area (TPSA) is 61.7 Å². The van der Waals surface area contributed by atoms with Gasteiger partial charge in [0.05, 0.1) is 23.8 Å². The minimum Gasteiger partial charge on any atom is -0.369 e. The molecule has 0 aliphatic heterocycles. The van der Waals surface area contributed by atoms with E-state index in [-0.39, 0.29) is 0 Å². The standard InChI is InChI=1S/C13H15N5/c1-9-3-4-12-11(5-9)16-13(14)18(12)8-10-6-15-17(2)7-10/h3-7H,8H2,1-2H3,(H2,14,16). The fraction of sp³-hybridized carbons (Fsp3) is 0.231. The molecule has 3 rings (SSSR count). The summed E-state index contributed by atoms with van der Waals surface area (Å²) < 4.78 is 3.79. The minimum absolute atomic E-state index is 0.541. The van der Waals surface area contributed by atoms with E-state index in [1.807, 2.05) is 30.1 Å². The van der Waals surface area contributed by atoms with Gasteiger partial charge in [0.1, 0.15) is 0 Å². The number of anilines is 1. The first-order valence-electron chi connectivity index (χ1n) is 5.83. The lowest BCUT2D eigenvalue weighted by atomic mass is 10.2. The maximum Gasteiger partial charge on any atom is 0.201 e. The summed E-state index contributed by atoms with van der Waals surface area (Å²) in [6.07, 6.45) is 3.83. The van der Waals surface area contributed by atoms with Gasteiger partial charge in [-0.25, -0.2) is 4.98 Å². The molecule has 2 heterocycles. The molecule has 5 nitrogen and oxygen atoms in total. The highest BCUT2D eigenvalue weighted by molar-refractivity contribution is 5.79. The Morgan fingerprint density at radius 2 is 2.17 bits per heavy atom. The Kier molecular flexibility index (Phi) is 2.33. The Morgan fingerprint density at radius 1 is 1.33 bits per heavy atom. The highest BCUT2D eigenvalue weighted by Crippen LogP contribution is 2.20. The van der Waals surface area contributed by atoms with Gasteiger partial charge in [0.25, 0.3) is 0 Å². The summed E-state index contributed by atoms with van der Waals surface area (Å²) in [4.78, 5) is 4.39. The molecule has 0 saturated carbocycles. The zero-order chi connectivity index (χ0) is 12.7. The van der Waals surface area contributed by atoms with Crippen LogP contribution in [0.2, 0.25) is 0 Å². The van der Waals surface area contributed by atoms with Crippen molar-refractivity contribution in [1.29, 1.82) is 0 Å². The fourth-order valence-corrected chi connectivity index (χ4v) is 2.16. The van der Waals surface area contributed by atoms with E-state index in [0.717, 1.165) is 16.6 Å². The largest absolute Gasteiger partial charge is 0.369 e. The van der Waals surface area contributed by atoms with Crippen LogP contribution >= 0.6 is 0 Å². The first-order valence-corrected chi connectivity index (χ1v) is 5.83. The summed E-state index contributed by atoms with van der Waals surface area (Å²) in [6.45, 7) is 2.75. The Morgan fingerprint density at radius 3 is 2.89 bits per heavy atom. The first kappa shape index (κ1) is 10.8. The van der Waals surface area contributed by atoms with Gasteiger partial charge < -0.3 is 10.3 Å². The molecule has 18 heavy (non-hydrogen) atoms. The van der Waals surface area contributed by atoms with Crippen molar-refractivity contribution in [3.05, 3.63) is 41.7 Å². The molecule has 2 aromatic heterocycles. The van der Waals surface area contributed by atoms with Crippen LogP contribution in [0.4, 0.5) is 5.95 Å². The highest BCUT2D eigenvalue weighted by Gasteiger charge is 2.09. The Labute approximate surface area is 105 Å². The second-order valence-corrected chi connectivity index (χ2v) is 4.57. The van der Waals surface area contributed by atoms with E-state index in [1.165, 1.54) is 5.56 Å². The Bertz CT molecular complexity index is 707. The number of aromatic nitrogens is 4. The number of hydrogen-bond donors (Lipinski definition) is 1. The summed E-state index contributed by atoms with van der Waals surface area (Å²) in [5, 5.41) is 4.16. The maximum atomic E-state index is 5.98. The molecule has 0 aliphatic carbocycles. The lowest BCUT2D eigenvalue weighted by molar-refractivity contribution is 0.765. The number of hydrogen-bond acceptors (Lipinski definition) is 3. The number of imidazole rings is 1. The van der Waals surface area contributed by atoms with Crippen LogP contribution in [0.1, 0.15) is 11.1 Å². The summed E-state index contributed by atoms with van der Waals surface area (Å²) in [6, 6.07) is 6.18. The van der Waals surface area contributed by atoms with Gasteiger partial charge in [0, 0.05) is 18.8 Å². The second kappa shape index (κ2) is 3.87. The van der Waals surface area contributed by atoms with Gasteiger partial charge in [-0.2, -0.15) is 5.10 Å². The van der Waals surface area contributed by atoms with E-state index in [9.17, 15) is 0 Å². The van der Waals surface area contributed by atoms with Gasteiger partial charge in [-0.15, -0.1) is 0 Å². The minimum atomic E-state index is 0.541. The predicted octanol–water partition coefficient (Wildman–Crippen LogP) is 1.71. The van der Waals surface area contributed by atoms with Crippen molar-refractivity contribution in [2.45, 2.75) is 13.5 Å². The zero-order valence-electron chi connectivity index (χ0n) is 10.5. The van der Waals surface area contributed by atoms with E-state index in [4.69, 9.17) is 5.73 Å². The van der Waals surface area contributed by atoms with Gasteiger partial charge in [0.2, 0.25) is 5.95 Å². The molecule has 5 heteroatoms. The highest BCUT2D eigenvalue weighted by atomic mass is 15.2. The summed E-state index contributed by atoms with van der Waals surface area (Å²) >= 11 is 0. The third-order valence-electron chi connectivity index (χ3n) is 3.03. The zero-order valence-corrected chi connectivity index (χ0v) is 10.5. The van der Waals surface area contributed by atoms with Crippen molar-refractivity contribution < 1.29 is 0 Å². The number of rotatable bonds is 2. The summed E-state index contributed by atoms with van der Waals surface area (Å²) in [7, 11) is 1.90. The van der Waals surface area contributed by atoms with Gasteiger partial charge in [-0.1, -0.05) is 6.07 Å². The molecule has 0 aliphatic rings. The Balaban J connectivity index is 2.08. The summed E-state index contributed by atoms with van der Waals surface area (Å²) in [5.74, 6) is 0.541. The van der Waals surface area contributed by atoms with Crippen molar-refractivity contribution in [2.75, 3.05) is 5.73 Å². The van der Waals surface area contributed by atoms with Crippen LogP contribution in [0.5, 0.6) is 0 Å². The van der Waals surface area contributed by atoms with Gasteiger partial charge in [0.15, 0.2) is 0 Å². The first-order chi connectivity index (χ1) is 8.63. The number of nitrogens with two attached hydrogens (primary N) is 1. The van der Waals surface area contributed by atoms with Crippen molar-refractivity contribution in [2.24, 2.45) is 7.05 Å². The normalized spacial score (nSPS) is 11.2. The molecule has 3 aromatic rings. The van der Waals surface area contributed by atoms with E-state index >= 15 is 0 Å². The molecule has 0 bridgehead atoms. The predicted molar refractivity (Wildman–Crippen MR) is 71.2 cm³/mol. The number of nitrogen functional groups attached to an aromatic ring is 1. The van der Waals surface area contributed by atoms with Crippen molar-refractivity contribution in [3.63, 3.8) is 0 Å². The van der Waals surface area contributed by atoms with Crippen molar-refractivity contribution >= 4 is 17.0 Å². The van der Waals surface area contributed by atoms with E-state index in [0.29, 0.717) is 12.5 Å². The number of aryl methyl sites for hydroxylation is 2. The van der Waals surface area contributed by atoms with Crippen molar-refractivity contribution in [1.82, 2.24) is 19.3 Å². The number of nitrogens with zero attached hydrogens (tertiary/aromatic N) is 4. The third kappa shape index (κ3) is 1.73. The number of benzene rings is 1. The number of fused-ring (bicyclic) bond motifs is 1.